The van der Waals surface area contributed by atoms with E-state index in [0.717, 1.165) is 48.4 Å². The highest BCUT2D eigenvalue weighted by Gasteiger charge is 2.55. The molecule has 35 heavy (non-hydrogen) atoms. The van der Waals surface area contributed by atoms with Crippen molar-refractivity contribution in [3.63, 3.8) is 0 Å². The minimum absolute atomic E-state index is 0.348. The Morgan fingerprint density at radius 1 is 1.03 bits per heavy atom. The van der Waals surface area contributed by atoms with E-state index in [1.165, 1.54) is 5.69 Å². The minimum Gasteiger partial charge on any atom is -0.485 e. The maximum Gasteiger partial charge on any atom is 0.222 e. The molecule has 3 aromatic rings. The summed E-state index contributed by atoms with van der Waals surface area (Å²) in [7, 11) is 1.78. The first-order valence-electron chi connectivity index (χ1n) is 11.9. The molecule has 2 N–H and O–H groups in total. The van der Waals surface area contributed by atoms with Gasteiger partial charge in [-0.05, 0) is 60.4 Å². The highest BCUT2D eigenvalue weighted by molar-refractivity contribution is 5.79. The number of guanidine groups is 1. The van der Waals surface area contributed by atoms with Gasteiger partial charge in [-0.25, -0.2) is 14.9 Å². The Balaban J connectivity index is 1.43. The van der Waals surface area contributed by atoms with E-state index in [-0.39, 0.29) is 0 Å². The number of fused-ring (bicyclic) bond motifs is 2. The average molecular weight is 466 g/mol. The van der Waals surface area contributed by atoms with Crippen LogP contribution in [0, 0.1) is 11.3 Å². The van der Waals surface area contributed by atoms with E-state index < -0.39 is 11.3 Å². The number of ether oxygens (including phenoxy) is 1. The molecule has 0 aliphatic carbocycles. The number of nitriles is 1. The first-order valence-corrected chi connectivity index (χ1v) is 11.9. The summed E-state index contributed by atoms with van der Waals surface area (Å²) in [6, 6.07) is 26.4. The highest BCUT2D eigenvalue weighted by atomic mass is 16.7. The van der Waals surface area contributed by atoms with Crippen molar-refractivity contribution in [3.8, 4) is 22.9 Å². The molecule has 7 nitrogen and oxygen atoms in total. The van der Waals surface area contributed by atoms with E-state index in [0.29, 0.717) is 17.9 Å². The van der Waals surface area contributed by atoms with Crippen molar-refractivity contribution in [2.24, 2.45) is 10.7 Å². The molecule has 1 fully saturated rings. The topological polar surface area (TPSA) is 87.1 Å². The molecule has 1 saturated heterocycles. The molecule has 0 bridgehead atoms. The van der Waals surface area contributed by atoms with Crippen LogP contribution in [-0.4, -0.2) is 36.8 Å². The number of piperidine rings is 1. The lowest BCUT2D eigenvalue weighted by Gasteiger charge is -2.49. The summed E-state index contributed by atoms with van der Waals surface area (Å²) in [5.41, 5.74) is 9.40. The number of rotatable bonds is 2. The Kier molecular flexibility index (Phi) is 4.94. The maximum atomic E-state index is 9.34. The van der Waals surface area contributed by atoms with Gasteiger partial charge in [0.05, 0.1) is 23.7 Å². The monoisotopic (exact) mass is 465 g/mol. The molecule has 176 valence electrons. The quantitative estimate of drug-likeness (QED) is 0.604. The van der Waals surface area contributed by atoms with E-state index in [2.05, 4.69) is 41.3 Å². The molecule has 2 unspecified atom stereocenters. The number of benzene rings is 3. The predicted octanol–water partition coefficient (Wildman–Crippen LogP) is 4.39. The fourth-order valence-corrected chi connectivity index (χ4v) is 5.59. The van der Waals surface area contributed by atoms with Crippen LogP contribution in [0.2, 0.25) is 0 Å². The highest BCUT2D eigenvalue weighted by Crippen LogP contribution is 2.52. The minimum atomic E-state index is -0.963. The smallest absolute Gasteiger partial charge is 0.222 e. The second-order valence-corrected chi connectivity index (χ2v) is 9.57. The van der Waals surface area contributed by atoms with Crippen molar-refractivity contribution in [2.45, 2.75) is 30.6 Å². The number of anilines is 1. The van der Waals surface area contributed by atoms with Crippen molar-refractivity contribution in [1.29, 1.82) is 5.26 Å². The number of aliphatic imine (C=N–C) groups is 1. The molecule has 3 aliphatic heterocycles. The van der Waals surface area contributed by atoms with Gasteiger partial charge < -0.3 is 15.4 Å². The standard InChI is InChI=1S/C28H27N5O2/c1-32-26(30)31-28(35-32)18-27(13-6-14-33(19-27)23-9-3-2-4-10-23)34-25-12-11-22(16-24(25)28)21-8-5-7-20(15-21)17-29/h2-5,7-12,15-16H,6,13-14,18-19H2,1H3,(H2,30,31). The van der Waals surface area contributed by atoms with Crippen LogP contribution in [0.4, 0.5) is 5.69 Å². The van der Waals surface area contributed by atoms with E-state index in [1.54, 1.807) is 18.2 Å². The third-order valence-corrected chi connectivity index (χ3v) is 7.18. The maximum absolute atomic E-state index is 9.34. The van der Waals surface area contributed by atoms with Gasteiger partial charge in [0.2, 0.25) is 11.7 Å². The Labute approximate surface area is 205 Å². The van der Waals surface area contributed by atoms with Crippen LogP contribution in [0.25, 0.3) is 11.1 Å². The van der Waals surface area contributed by atoms with E-state index >= 15 is 0 Å². The molecule has 3 heterocycles. The van der Waals surface area contributed by atoms with Gasteiger partial charge in [0.25, 0.3) is 0 Å². The summed E-state index contributed by atoms with van der Waals surface area (Å²) in [5, 5.41) is 10.9. The van der Waals surface area contributed by atoms with Gasteiger partial charge in [0, 0.05) is 25.7 Å². The summed E-state index contributed by atoms with van der Waals surface area (Å²) in [5.74, 6) is 1.11. The number of hydrogen-bond acceptors (Lipinski definition) is 7. The second-order valence-electron chi connectivity index (χ2n) is 9.57. The summed E-state index contributed by atoms with van der Waals surface area (Å²) in [4.78, 5) is 13.6. The Morgan fingerprint density at radius 2 is 1.86 bits per heavy atom. The molecule has 2 atom stereocenters. The number of hydrogen-bond donors (Lipinski definition) is 1. The van der Waals surface area contributed by atoms with Crippen LogP contribution in [0.15, 0.2) is 77.8 Å². The fraction of sp³-hybridized carbons (Fsp3) is 0.286. The Bertz CT molecular complexity index is 1350. The summed E-state index contributed by atoms with van der Waals surface area (Å²) < 4.78 is 6.80. The number of nitrogens with zero attached hydrogens (tertiary/aromatic N) is 4. The zero-order valence-electron chi connectivity index (χ0n) is 19.6. The van der Waals surface area contributed by atoms with Gasteiger partial charge in [-0.2, -0.15) is 5.26 Å². The van der Waals surface area contributed by atoms with Crippen LogP contribution in [0.3, 0.4) is 0 Å². The molecule has 3 aromatic carbocycles. The molecule has 0 radical (unpaired) electrons. The lowest BCUT2D eigenvalue weighted by atomic mass is 9.79. The molecular formula is C28H27N5O2. The van der Waals surface area contributed by atoms with Gasteiger partial charge in [-0.3, -0.25) is 0 Å². The first-order chi connectivity index (χ1) is 17.0. The van der Waals surface area contributed by atoms with E-state index in [1.807, 2.05) is 36.4 Å². The van der Waals surface area contributed by atoms with Crippen molar-refractivity contribution in [3.05, 3.63) is 83.9 Å². The summed E-state index contributed by atoms with van der Waals surface area (Å²) >= 11 is 0. The SMILES string of the molecule is CN1OC2(CC3(CCCN(c4ccccc4)C3)Oc3ccc(-c4cccc(C#N)c4)cc32)N=C1N. The van der Waals surface area contributed by atoms with Gasteiger partial charge in [-0.15, -0.1) is 0 Å². The number of nitrogens with two attached hydrogens (primary N) is 1. The molecular weight excluding hydrogens is 438 g/mol. The molecule has 6 rings (SSSR count). The first kappa shape index (κ1) is 21.5. The second kappa shape index (κ2) is 8.03. The van der Waals surface area contributed by atoms with E-state index in [4.69, 9.17) is 20.3 Å². The zero-order valence-corrected chi connectivity index (χ0v) is 19.6. The van der Waals surface area contributed by atoms with Crippen LogP contribution in [0.5, 0.6) is 5.75 Å². The van der Waals surface area contributed by atoms with Crippen molar-refractivity contribution < 1.29 is 9.57 Å². The van der Waals surface area contributed by atoms with Gasteiger partial charge in [0.15, 0.2) is 0 Å². The van der Waals surface area contributed by atoms with Gasteiger partial charge in [0.1, 0.15) is 11.4 Å². The van der Waals surface area contributed by atoms with E-state index in [9.17, 15) is 5.26 Å². The predicted molar refractivity (Wildman–Crippen MR) is 135 cm³/mol. The van der Waals surface area contributed by atoms with Crippen LogP contribution in [0.1, 0.15) is 30.4 Å². The fourth-order valence-electron chi connectivity index (χ4n) is 5.59. The molecule has 0 amide bonds. The third-order valence-electron chi connectivity index (χ3n) is 7.18. The molecule has 2 spiro atoms. The van der Waals surface area contributed by atoms with Crippen molar-refractivity contribution in [1.82, 2.24) is 5.06 Å². The normalized spacial score (nSPS) is 25.2. The number of hydroxylamine groups is 2. The average Bonchev–Trinajstić information content (AvgIpc) is 3.17. The molecule has 7 heteroatoms. The molecule has 0 aromatic heterocycles. The lowest BCUT2D eigenvalue weighted by Crippen LogP contribution is -2.57. The van der Waals surface area contributed by atoms with Crippen LogP contribution < -0.4 is 15.4 Å². The Morgan fingerprint density at radius 3 is 2.63 bits per heavy atom. The summed E-state index contributed by atoms with van der Waals surface area (Å²) in [6.07, 6.45) is 2.48. The third kappa shape index (κ3) is 3.67. The summed E-state index contributed by atoms with van der Waals surface area (Å²) in [6.45, 7) is 1.72. The van der Waals surface area contributed by atoms with Gasteiger partial charge >= 0.3 is 0 Å². The molecule has 0 saturated carbocycles. The van der Waals surface area contributed by atoms with Crippen molar-refractivity contribution >= 4 is 11.6 Å². The van der Waals surface area contributed by atoms with Crippen molar-refractivity contribution in [2.75, 3.05) is 25.0 Å². The Hall–Kier alpha value is -4.02. The zero-order chi connectivity index (χ0) is 24.0. The number of para-hydroxylation sites is 1. The molecule has 3 aliphatic rings. The van der Waals surface area contributed by atoms with Gasteiger partial charge in [-0.1, -0.05) is 36.4 Å². The largest absolute Gasteiger partial charge is 0.485 e. The lowest BCUT2D eigenvalue weighted by molar-refractivity contribution is -0.204. The van der Waals surface area contributed by atoms with Crippen LogP contribution in [-0.2, 0) is 10.6 Å². The van der Waals surface area contributed by atoms with Crippen LogP contribution >= 0.6 is 0 Å².